The fourth-order valence-electron chi connectivity index (χ4n) is 2.24. The topological polar surface area (TPSA) is 58.2 Å². The van der Waals surface area contributed by atoms with E-state index in [-0.39, 0.29) is 18.2 Å². The predicted molar refractivity (Wildman–Crippen MR) is 68.0 cm³/mol. The summed E-state index contributed by atoms with van der Waals surface area (Å²) >= 11 is 5.41. The van der Waals surface area contributed by atoms with Crippen LogP contribution < -0.4 is 10.6 Å². The molecule has 1 saturated carbocycles. The lowest BCUT2D eigenvalue weighted by molar-refractivity contribution is -0.119. The van der Waals surface area contributed by atoms with Crippen LogP contribution in [0.25, 0.3) is 0 Å². The highest BCUT2D eigenvalue weighted by molar-refractivity contribution is 6.19. The van der Waals surface area contributed by atoms with Gasteiger partial charge in [-0.1, -0.05) is 26.2 Å². The normalized spacial score (nSPS) is 24.1. The number of nitrogens with one attached hydrogen (secondary N) is 2. The quantitative estimate of drug-likeness (QED) is 0.762. The minimum absolute atomic E-state index is 0.175. The van der Waals surface area contributed by atoms with Gasteiger partial charge in [0.15, 0.2) is 0 Å². The van der Waals surface area contributed by atoms with E-state index in [0.717, 1.165) is 6.42 Å². The van der Waals surface area contributed by atoms with E-state index in [0.29, 0.717) is 18.4 Å². The molecule has 1 aliphatic carbocycles. The first kappa shape index (κ1) is 14.3. The Bertz CT molecular complexity index is 271. The Morgan fingerprint density at radius 1 is 1.29 bits per heavy atom. The zero-order chi connectivity index (χ0) is 12.7. The van der Waals surface area contributed by atoms with Crippen LogP contribution in [0.4, 0.5) is 4.79 Å². The first-order valence-corrected chi connectivity index (χ1v) is 6.80. The molecule has 98 valence electrons. The van der Waals surface area contributed by atoms with Crippen LogP contribution in [-0.4, -0.2) is 24.4 Å². The van der Waals surface area contributed by atoms with Gasteiger partial charge in [0.05, 0.1) is 0 Å². The van der Waals surface area contributed by atoms with Gasteiger partial charge in [-0.3, -0.25) is 10.1 Å². The maximum atomic E-state index is 11.4. The fourth-order valence-corrected chi connectivity index (χ4v) is 2.41. The number of carbonyl (C=O) groups is 2. The third-order valence-electron chi connectivity index (χ3n) is 3.39. The molecule has 0 bridgehead atoms. The molecule has 0 saturated heterocycles. The third kappa shape index (κ3) is 5.39. The zero-order valence-corrected chi connectivity index (χ0v) is 11.1. The van der Waals surface area contributed by atoms with E-state index in [2.05, 4.69) is 17.6 Å². The van der Waals surface area contributed by atoms with E-state index in [4.69, 9.17) is 11.6 Å². The van der Waals surface area contributed by atoms with Crippen LogP contribution in [0.5, 0.6) is 0 Å². The van der Waals surface area contributed by atoms with Gasteiger partial charge in [0, 0.05) is 18.8 Å². The van der Waals surface area contributed by atoms with E-state index in [1.165, 1.54) is 19.3 Å². The SMILES string of the molecule is CC1CCCCC1CNC(=O)NC(=O)CCCl. The monoisotopic (exact) mass is 260 g/mol. The molecule has 17 heavy (non-hydrogen) atoms. The summed E-state index contributed by atoms with van der Waals surface area (Å²) < 4.78 is 0. The Morgan fingerprint density at radius 2 is 2.00 bits per heavy atom. The molecule has 0 aliphatic heterocycles. The average molecular weight is 261 g/mol. The first-order chi connectivity index (χ1) is 8.13. The largest absolute Gasteiger partial charge is 0.338 e. The molecule has 5 heteroatoms. The molecule has 0 aromatic rings. The summed E-state index contributed by atoms with van der Waals surface area (Å²) in [7, 11) is 0. The van der Waals surface area contributed by atoms with E-state index in [1.54, 1.807) is 0 Å². The van der Waals surface area contributed by atoms with Crippen molar-refractivity contribution in [3.63, 3.8) is 0 Å². The molecular weight excluding hydrogens is 240 g/mol. The fraction of sp³-hybridized carbons (Fsp3) is 0.833. The summed E-state index contributed by atoms with van der Waals surface area (Å²) in [5.41, 5.74) is 0. The van der Waals surface area contributed by atoms with Crippen molar-refractivity contribution in [3.05, 3.63) is 0 Å². The summed E-state index contributed by atoms with van der Waals surface area (Å²) in [4.78, 5) is 22.5. The smallest absolute Gasteiger partial charge is 0.321 e. The van der Waals surface area contributed by atoms with Gasteiger partial charge in [-0.25, -0.2) is 4.79 Å². The number of carbonyl (C=O) groups excluding carboxylic acids is 2. The molecule has 0 heterocycles. The van der Waals surface area contributed by atoms with E-state index in [1.807, 2.05) is 0 Å². The second-order valence-corrected chi connectivity index (χ2v) is 5.10. The highest BCUT2D eigenvalue weighted by Gasteiger charge is 2.21. The van der Waals surface area contributed by atoms with Gasteiger partial charge in [0.1, 0.15) is 0 Å². The molecular formula is C12H21ClN2O2. The third-order valence-corrected chi connectivity index (χ3v) is 3.58. The highest BCUT2D eigenvalue weighted by atomic mass is 35.5. The van der Waals surface area contributed by atoms with Gasteiger partial charge in [-0.2, -0.15) is 0 Å². The number of amides is 3. The second kappa shape index (κ2) is 7.54. The molecule has 1 rings (SSSR count). The molecule has 1 aliphatic rings. The van der Waals surface area contributed by atoms with Crippen LogP contribution in [0.15, 0.2) is 0 Å². The minimum Gasteiger partial charge on any atom is -0.338 e. The summed E-state index contributed by atoms with van der Waals surface area (Å²) in [5, 5.41) is 5.02. The number of hydrogen-bond acceptors (Lipinski definition) is 2. The predicted octanol–water partition coefficient (Wildman–Crippen LogP) is 2.27. The van der Waals surface area contributed by atoms with Gasteiger partial charge >= 0.3 is 6.03 Å². The molecule has 0 spiro atoms. The molecule has 0 aromatic heterocycles. The van der Waals surface area contributed by atoms with Gasteiger partial charge in [-0.05, 0) is 18.3 Å². The van der Waals surface area contributed by atoms with Gasteiger partial charge in [-0.15, -0.1) is 11.6 Å². The number of halogens is 1. The maximum Gasteiger partial charge on any atom is 0.321 e. The van der Waals surface area contributed by atoms with E-state index in [9.17, 15) is 9.59 Å². The number of hydrogen-bond donors (Lipinski definition) is 2. The van der Waals surface area contributed by atoms with Crippen molar-refractivity contribution < 1.29 is 9.59 Å². The minimum atomic E-state index is -0.405. The first-order valence-electron chi connectivity index (χ1n) is 6.27. The van der Waals surface area contributed by atoms with Crippen molar-refractivity contribution >= 4 is 23.5 Å². The van der Waals surface area contributed by atoms with Crippen LogP contribution in [0.1, 0.15) is 39.0 Å². The van der Waals surface area contributed by atoms with Crippen molar-refractivity contribution in [2.75, 3.05) is 12.4 Å². The summed E-state index contributed by atoms with van der Waals surface area (Å²) in [6.07, 6.45) is 5.10. The Kier molecular flexibility index (Phi) is 6.34. The number of alkyl halides is 1. The molecule has 0 aromatic carbocycles. The van der Waals surface area contributed by atoms with Crippen LogP contribution in [0.2, 0.25) is 0 Å². The Labute approximate surface area is 107 Å². The van der Waals surface area contributed by atoms with Crippen molar-refractivity contribution in [3.8, 4) is 0 Å². The lowest BCUT2D eigenvalue weighted by atomic mass is 9.80. The van der Waals surface area contributed by atoms with Crippen molar-refractivity contribution in [1.29, 1.82) is 0 Å². The molecule has 2 atom stereocenters. The van der Waals surface area contributed by atoms with Crippen molar-refractivity contribution in [2.24, 2.45) is 11.8 Å². The molecule has 2 N–H and O–H groups in total. The standard InChI is InChI=1S/C12H21ClN2O2/c1-9-4-2-3-5-10(9)8-14-12(17)15-11(16)6-7-13/h9-10H,2-8H2,1H3,(H2,14,15,16,17). The molecule has 4 nitrogen and oxygen atoms in total. The number of urea groups is 1. The van der Waals surface area contributed by atoms with Crippen LogP contribution >= 0.6 is 11.6 Å². The summed E-state index contributed by atoms with van der Waals surface area (Å²) in [5.74, 6) is 1.10. The Morgan fingerprint density at radius 3 is 2.65 bits per heavy atom. The van der Waals surface area contributed by atoms with Crippen LogP contribution in [0.3, 0.4) is 0 Å². The van der Waals surface area contributed by atoms with Gasteiger partial charge < -0.3 is 5.32 Å². The zero-order valence-electron chi connectivity index (χ0n) is 10.3. The lowest BCUT2D eigenvalue weighted by Gasteiger charge is -2.28. The van der Waals surface area contributed by atoms with Crippen molar-refractivity contribution in [2.45, 2.75) is 39.0 Å². The molecule has 0 radical (unpaired) electrons. The van der Waals surface area contributed by atoms with Gasteiger partial charge in [0.2, 0.25) is 5.91 Å². The molecule has 2 unspecified atom stereocenters. The number of imide groups is 1. The molecule has 3 amide bonds. The van der Waals surface area contributed by atoms with E-state index < -0.39 is 6.03 Å². The number of rotatable bonds is 4. The summed E-state index contributed by atoms with van der Waals surface area (Å²) in [6.45, 7) is 2.88. The van der Waals surface area contributed by atoms with Crippen LogP contribution in [-0.2, 0) is 4.79 Å². The Balaban J connectivity index is 2.20. The highest BCUT2D eigenvalue weighted by Crippen LogP contribution is 2.28. The van der Waals surface area contributed by atoms with Crippen LogP contribution in [0, 0.1) is 11.8 Å². The maximum absolute atomic E-state index is 11.4. The van der Waals surface area contributed by atoms with Gasteiger partial charge in [0.25, 0.3) is 0 Å². The van der Waals surface area contributed by atoms with E-state index >= 15 is 0 Å². The second-order valence-electron chi connectivity index (χ2n) is 4.72. The van der Waals surface area contributed by atoms with Crippen molar-refractivity contribution in [1.82, 2.24) is 10.6 Å². The molecule has 1 fully saturated rings. The Hall–Kier alpha value is -0.770. The summed E-state index contributed by atoms with van der Waals surface area (Å²) in [6, 6.07) is -0.405. The average Bonchev–Trinajstić information content (AvgIpc) is 2.28. The lowest BCUT2D eigenvalue weighted by Crippen LogP contribution is -2.42.